The normalized spacial score (nSPS) is 12.3. The van der Waals surface area contributed by atoms with Gasteiger partial charge in [0.1, 0.15) is 5.69 Å². The molecule has 2 nitrogen and oxygen atoms in total. The largest absolute Gasteiger partial charge is 0.432 e. The molecular formula is C11H10ClF3N2. The third kappa shape index (κ3) is 2.25. The first kappa shape index (κ1) is 12.3. The van der Waals surface area contributed by atoms with Crippen molar-refractivity contribution in [3.8, 4) is 0 Å². The topological polar surface area (TPSA) is 27.8 Å². The van der Waals surface area contributed by atoms with Crippen LogP contribution in [0.4, 0.5) is 13.2 Å². The number of alkyl halides is 3. The number of halogens is 4. The standard InChI is InChI=1S/C11H10ClF3N2/c1-16-5-6-2-3-8-7(4-6)9(12)10(17-8)11(13,14)15/h2-4,16-17H,5H2,1H3. The number of aromatic nitrogens is 1. The second-order valence-electron chi connectivity index (χ2n) is 3.72. The second kappa shape index (κ2) is 4.23. The van der Waals surface area contributed by atoms with Gasteiger partial charge >= 0.3 is 6.18 Å². The van der Waals surface area contributed by atoms with Crippen molar-refractivity contribution in [3.05, 3.63) is 34.5 Å². The number of benzene rings is 1. The van der Waals surface area contributed by atoms with E-state index in [4.69, 9.17) is 11.6 Å². The summed E-state index contributed by atoms with van der Waals surface area (Å²) in [6, 6.07) is 5.01. The number of H-pyrrole nitrogens is 1. The molecule has 0 aliphatic carbocycles. The molecule has 0 radical (unpaired) electrons. The summed E-state index contributed by atoms with van der Waals surface area (Å²) in [5.74, 6) is 0. The maximum atomic E-state index is 12.6. The van der Waals surface area contributed by atoms with Gasteiger partial charge in [-0.3, -0.25) is 0 Å². The van der Waals surface area contributed by atoms with Crippen molar-refractivity contribution in [1.29, 1.82) is 0 Å². The van der Waals surface area contributed by atoms with Crippen LogP contribution in [0.25, 0.3) is 10.9 Å². The van der Waals surface area contributed by atoms with Crippen LogP contribution in [0.1, 0.15) is 11.3 Å². The van der Waals surface area contributed by atoms with Gasteiger partial charge in [0.2, 0.25) is 0 Å². The third-order valence-electron chi connectivity index (χ3n) is 2.46. The minimum absolute atomic E-state index is 0.273. The number of hydrogen-bond donors (Lipinski definition) is 2. The maximum Gasteiger partial charge on any atom is 0.432 e. The Morgan fingerprint density at radius 2 is 2.06 bits per heavy atom. The van der Waals surface area contributed by atoms with Crippen LogP contribution in [-0.2, 0) is 12.7 Å². The van der Waals surface area contributed by atoms with E-state index in [0.717, 1.165) is 5.56 Å². The van der Waals surface area contributed by atoms with Crippen LogP contribution in [0, 0.1) is 0 Å². The van der Waals surface area contributed by atoms with Crippen LogP contribution in [0.5, 0.6) is 0 Å². The van der Waals surface area contributed by atoms with Crippen molar-refractivity contribution < 1.29 is 13.2 Å². The summed E-state index contributed by atoms with van der Waals surface area (Å²) in [7, 11) is 1.77. The molecule has 0 spiro atoms. The Hall–Kier alpha value is -1.20. The fourth-order valence-electron chi connectivity index (χ4n) is 1.72. The molecule has 1 aromatic carbocycles. The van der Waals surface area contributed by atoms with Gasteiger partial charge in [0.05, 0.1) is 5.02 Å². The quantitative estimate of drug-likeness (QED) is 0.851. The lowest BCUT2D eigenvalue weighted by molar-refractivity contribution is -0.140. The summed E-state index contributed by atoms with van der Waals surface area (Å²) in [5, 5.41) is 3.05. The number of nitrogens with one attached hydrogen (secondary N) is 2. The first-order chi connectivity index (χ1) is 7.93. The van der Waals surface area contributed by atoms with Crippen LogP contribution in [0.15, 0.2) is 18.2 Å². The first-order valence-corrected chi connectivity index (χ1v) is 5.33. The predicted octanol–water partition coefficient (Wildman–Crippen LogP) is 3.56. The fraction of sp³-hybridized carbons (Fsp3) is 0.273. The summed E-state index contributed by atoms with van der Waals surface area (Å²) < 4.78 is 37.8. The average Bonchev–Trinajstić information content (AvgIpc) is 2.56. The van der Waals surface area contributed by atoms with E-state index in [2.05, 4.69) is 10.3 Å². The molecule has 0 aliphatic rings. The summed E-state index contributed by atoms with van der Waals surface area (Å²) in [6.45, 7) is 0.582. The summed E-state index contributed by atoms with van der Waals surface area (Å²) in [5.41, 5.74) is 0.382. The Bertz CT molecular complexity index is 545. The predicted molar refractivity (Wildman–Crippen MR) is 61.1 cm³/mol. The number of aromatic amines is 1. The van der Waals surface area contributed by atoms with Gasteiger partial charge in [-0.15, -0.1) is 0 Å². The van der Waals surface area contributed by atoms with Crippen molar-refractivity contribution in [3.63, 3.8) is 0 Å². The third-order valence-corrected chi connectivity index (χ3v) is 2.86. The lowest BCUT2D eigenvalue weighted by atomic mass is 10.1. The molecule has 2 aromatic rings. The SMILES string of the molecule is CNCc1ccc2[nH]c(C(F)(F)F)c(Cl)c2c1. The van der Waals surface area contributed by atoms with Gasteiger partial charge in [0.15, 0.2) is 0 Å². The Morgan fingerprint density at radius 3 is 2.65 bits per heavy atom. The molecule has 17 heavy (non-hydrogen) atoms. The van der Waals surface area contributed by atoms with Crippen molar-refractivity contribution in [2.24, 2.45) is 0 Å². The van der Waals surface area contributed by atoms with Crippen LogP contribution in [-0.4, -0.2) is 12.0 Å². The Morgan fingerprint density at radius 1 is 1.35 bits per heavy atom. The van der Waals surface area contributed by atoms with Gasteiger partial charge in [0, 0.05) is 17.4 Å². The molecule has 0 amide bonds. The molecule has 0 unspecified atom stereocenters. The molecule has 92 valence electrons. The highest BCUT2D eigenvalue weighted by molar-refractivity contribution is 6.36. The molecule has 0 saturated heterocycles. The molecule has 1 heterocycles. The van der Waals surface area contributed by atoms with Gasteiger partial charge in [-0.1, -0.05) is 17.7 Å². The lowest BCUT2D eigenvalue weighted by Gasteiger charge is -2.03. The van der Waals surface area contributed by atoms with E-state index in [-0.39, 0.29) is 5.02 Å². The minimum atomic E-state index is -4.46. The van der Waals surface area contributed by atoms with E-state index in [9.17, 15) is 13.2 Å². The molecule has 1 aromatic heterocycles. The molecule has 6 heteroatoms. The minimum Gasteiger partial charge on any atom is -0.350 e. The van der Waals surface area contributed by atoms with Crippen molar-refractivity contribution in [2.45, 2.75) is 12.7 Å². The van der Waals surface area contributed by atoms with Crippen LogP contribution in [0.3, 0.4) is 0 Å². The van der Waals surface area contributed by atoms with Crippen molar-refractivity contribution in [1.82, 2.24) is 10.3 Å². The van der Waals surface area contributed by atoms with Crippen molar-refractivity contribution in [2.75, 3.05) is 7.05 Å². The molecule has 0 atom stereocenters. The number of hydrogen-bond acceptors (Lipinski definition) is 1. The summed E-state index contributed by atoms with van der Waals surface area (Å²) >= 11 is 5.74. The zero-order valence-electron chi connectivity index (χ0n) is 8.95. The van der Waals surface area contributed by atoms with E-state index in [0.29, 0.717) is 17.4 Å². The highest BCUT2D eigenvalue weighted by atomic mass is 35.5. The molecule has 0 bridgehead atoms. The fourth-order valence-corrected chi connectivity index (χ4v) is 2.03. The Labute approximate surface area is 101 Å². The van der Waals surface area contributed by atoms with Crippen LogP contribution in [0.2, 0.25) is 5.02 Å². The second-order valence-corrected chi connectivity index (χ2v) is 4.10. The Balaban J connectivity index is 2.59. The van der Waals surface area contributed by atoms with E-state index < -0.39 is 11.9 Å². The summed E-state index contributed by atoms with van der Waals surface area (Å²) in [6.07, 6.45) is -4.46. The maximum absolute atomic E-state index is 12.6. The molecule has 2 N–H and O–H groups in total. The highest BCUT2D eigenvalue weighted by Gasteiger charge is 2.36. The first-order valence-electron chi connectivity index (χ1n) is 4.95. The zero-order valence-corrected chi connectivity index (χ0v) is 9.71. The van der Waals surface area contributed by atoms with Crippen LogP contribution >= 0.6 is 11.6 Å². The number of rotatable bonds is 2. The highest BCUT2D eigenvalue weighted by Crippen LogP contribution is 2.38. The van der Waals surface area contributed by atoms with E-state index in [1.807, 2.05) is 0 Å². The van der Waals surface area contributed by atoms with E-state index in [1.54, 1.807) is 25.2 Å². The van der Waals surface area contributed by atoms with Gasteiger partial charge in [-0.25, -0.2) is 0 Å². The van der Waals surface area contributed by atoms with Crippen LogP contribution < -0.4 is 5.32 Å². The van der Waals surface area contributed by atoms with Gasteiger partial charge < -0.3 is 10.3 Å². The Kier molecular flexibility index (Phi) is 3.05. The zero-order chi connectivity index (χ0) is 12.6. The molecule has 2 rings (SSSR count). The molecular weight excluding hydrogens is 253 g/mol. The van der Waals surface area contributed by atoms with Gasteiger partial charge in [0.25, 0.3) is 0 Å². The number of fused-ring (bicyclic) bond motifs is 1. The van der Waals surface area contributed by atoms with Gasteiger partial charge in [-0.05, 0) is 24.7 Å². The molecule has 0 fully saturated rings. The van der Waals surface area contributed by atoms with Crippen molar-refractivity contribution >= 4 is 22.5 Å². The van der Waals surface area contributed by atoms with E-state index >= 15 is 0 Å². The average molecular weight is 263 g/mol. The molecule has 0 aliphatic heterocycles. The smallest absolute Gasteiger partial charge is 0.350 e. The monoisotopic (exact) mass is 262 g/mol. The lowest BCUT2D eigenvalue weighted by Crippen LogP contribution is -2.05. The summed E-state index contributed by atoms with van der Waals surface area (Å²) in [4.78, 5) is 2.30. The van der Waals surface area contributed by atoms with E-state index in [1.165, 1.54) is 0 Å². The van der Waals surface area contributed by atoms with Gasteiger partial charge in [-0.2, -0.15) is 13.2 Å². The molecule has 0 saturated carbocycles.